The molecule has 2 aromatic rings. The zero-order valence-electron chi connectivity index (χ0n) is 13.9. The van der Waals surface area contributed by atoms with E-state index in [1.807, 2.05) is 29.2 Å². The molecule has 0 saturated carbocycles. The Kier molecular flexibility index (Phi) is 5.10. The topological polar surface area (TPSA) is 77.7 Å². The van der Waals surface area contributed by atoms with Gasteiger partial charge < -0.3 is 18.9 Å². The molecule has 1 saturated heterocycles. The highest BCUT2D eigenvalue weighted by atomic mass is 16.5. The SMILES string of the molecule is COCCC(=O)N1CCC(Oc2ccccc2-c2nc(C)no2)C1. The van der Waals surface area contributed by atoms with E-state index in [4.69, 9.17) is 14.0 Å². The minimum Gasteiger partial charge on any atom is -0.488 e. The van der Waals surface area contributed by atoms with Crippen LogP contribution >= 0.6 is 0 Å². The van der Waals surface area contributed by atoms with E-state index in [1.165, 1.54) is 0 Å². The second-order valence-corrected chi connectivity index (χ2v) is 5.75. The molecule has 1 amide bonds. The van der Waals surface area contributed by atoms with Gasteiger partial charge in [0.1, 0.15) is 11.9 Å². The van der Waals surface area contributed by atoms with Crippen LogP contribution in [0.3, 0.4) is 0 Å². The van der Waals surface area contributed by atoms with Gasteiger partial charge in [0, 0.05) is 20.1 Å². The average molecular weight is 331 g/mol. The van der Waals surface area contributed by atoms with Crippen LogP contribution in [0.15, 0.2) is 28.8 Å². The normalized spacial score (nSPS) is 17.2. The van der Waals surface area contributed by atoms with E-state index in [0.717, 1.165) is 12.0 Å². The molecule has 0 aliphatic carbocycles. The fourth-order valence-electron chi connectivity index (χ4n) is 2.73. The molecule has 1 aliphatic heterocycles. The lowest BCUT2D eigenvalue weighted by Gasteiger charge is -2.18. The Hall–Kier alpha value is -2.41. The molecule has 1 aliphatic rings. The van der Waals surface area contributed by atoms with Crippen molar-refractivity contribution in [3.63, 3.8) is 0 Å². The molecule has 2 heterocycles. The van der Waals surface area contributed by atoms with E-state index in [2.05, 4.69) is 10.1 Å². The fraction of sp³-hybridized carbons (Fsp3) is 0.471. The van der Waals surface area contributed by atoms with E-state index in [9.17, 15) is 4.79 Å². The van der Waals surface area contributed by atoms with Crippen LogP contribution < -0.4 is 4.74 Å². The highest BCUT2D eigenvalue weighted by Gasteiger charge is 2.28. The summed E-state index contributed by atoms with van der Waals surface area (Å²) < 4.78 is 16.3. The quantitative estimate of drug-likeness (QED) is 0.806. The third-order valence-corrected chi connectivity index (χ3v) is 3.96. The molecule has 1 fully saturated rings. The third kappa shape index (κ3) is 3.73. The van der Waals surface area contributed by atoms with Gasteiger partial charge in [-0.1, -0.05) is 17.3 Å². The first-order chi connectivity index (χ1) is 11.7. The van der Waals surface area contributed by atoms with Crippen molar-refractivity contribution in [1.82, 2.24) is 15.0 Å². The third-order valence-electron chi connectivity index (χ3n) is 3.96. The van der Waals surface area contributed by atoms with Crippen LogP contribution in [0.2, 0.25) is 0 Å². The first-order valence-electron chi connectivity index (χ1n) is 8.00. The minimum atomic E-state index is -0.0401. The largest absolute Gasteiger partial charge is 0.488 e. The predicted molar refractivity (Wildman–Crippen MR) is 86.6 cm³/mol. The van der Waals surface area contributed by atoms with Crippen LogP contribution in [-0.4, -0.2) is 53.9 Å². The number of carbonyl (C=O) groups excluding carboxylic acids is 1. The Balaban J connectivity index is 1.66. The smallest absolute Gasteiger partial charge is 0.261 e. The lowest BCUT2D eigenvalue weighted by atomic mass is 10.2. The van der Waals surface area contributed by atoms with Crippen LogP contribution in [0, 0.1) is 6.92 Å². The highest BCUT2D eigenvalue weighted by molar-refractivity contribution is 5.76. The maximum absolute atomic E-state index is 12.1. The Morgan fingerprint density at radius 3 is 3.00 bits per heavy atom. The van der Waals surface area contributed by atoms with Gasteiger partial charge in [0.2, 0.25) is 5.91 Å². The second-order valence-electron chi connectivity index (χ2n) is 5.75. The summed E-state index contributed by atoms with van der Waals surface area (Å²) in [4.78, 5) is 18.1. The first-order valence-corrected chi connectivity index (χ1v) is 8.00. The molecule has 0 bridgehead atoms. The Labute approximate surface area is 140 Å². The molecule has 7 heteroatoms. The van der Waals surface area contributed by atoms with Gasteiger partial charge in [-0.2, -0.15) is 4.98 Å². The number of para-hydroxylation sites is 1. The van der Waals surface area contributed by atoms with Crippen LogP contribution in [0.5, 0.6) is 5.75 Å². The van der Waals surface area contributed by atoms with Gasteiger partial charge in [-0.15, -0.1) is 0 Å². The van der Waals surface area contributed by atoms with Crippen molar-refractivity contribution in [2.75, 3.05) is 26.8 Å². The number of aromatic nitrogens is 2. The Morgan fingerprint density at radius 1 is 1.42 bits per heavy atom. The van der Waals surface area contributed by atoms with Crippen molar-refractivity contribution in [1.29, 1.82) is 0 Å². The molecule has 0 spiro atoms. The van der Waals surface area contributed by atoms with Crippen LogP contribution in [0.4, 0.5) is 0 Å². The summed E-state index contributed by atoms with van der Waals surface area (Å²) in [6.07, 6.45) is 1.17. The molecular weight excluding hydrogens is 310 g/mol. The van der Waals surface area contributed by atoms with Crippen molar-refractivity contribution in [2.24, 2.45) is 0 Å². The lowest BCUT2D eigenvalue weighted by molar-refractivity contribution is -0.131. The van der Waals surface area contributed by atoms with Crippen molar-refractivity contribution in [3.05, 3.63) is 30.1 Å². The second kappa shape index (κ2) is 7.44. The molecule has 1 unspecified atom stereocenters. The van der Waals surface area contributed by atoms with Gasteiger partial charge in [0.05, 0.1) is 25.1 Å². The molecule has 3 rings (SSSR count). The number of likely N-dealkylation sites (tertiary alicyclic amines) is 1. The van der Waals surface area contributed by atoms with Gasteiger partial charge in [0.15, 0.2) is 5.82 Å². The maximum atomic E-state index is 12.1. The summed E-state index contributed by atoms with van der Waals surface area (Å²) in [7, 11) is 1.60. The fourth-order valence-corrected chi connectivity index (χ4v) is 2.73. The van der Waals surface area contributed by atoms with Gasteiger partial charge in [-0.25, -0.2) is 0 Å². The van der Waals surface area contributed by atoms with Crippen LogP contribution in [-0.2, 0) is 9.53 Å². The summed E-state index contributed by atoms with van der Waals surface area (Å²) in [5, 5.41) is 3.82. The monoisotopic (exact) mass is 331 g/mol. The number of benzene rings is 1. The molecule has 1 atom stereocenters. The molecule has 0 N–H and O–H groups in total. The van der Waals surface area contributed by atoms with Crippen molar-refractivity contribution in [2.45, 2.75) is 25.9 Å². The van der Waals surface area contributed by atoms with E-state index in [-0.39, 0.29) is 12.0 Å². The number of hydrogen-bond acceptors (Lipinski definition) is 6. The summed E-state index contributed by atoms with van der Waals surface area (Å²) in [5.41, 5.74) is 0.766. The van der Waals surface area contributed by atoms with Gasteiger partial charge in [0.25, 0.3) is 5.89 Å². The van der Waals surface area contributed by atoms with Gasteiger partial charge in [-0.05, 0) is 19.1 Å². The zero-order chi connectivity index (χ0) is 16.9. The van der Waals surface area contributed by atoms with E-state index in [0.29, 0.717) is 43.6 Å². The number of methoxy groups -OCH3 is 1. The maximum Gasteiger partial charge on any atom is 0.261 e. The molecule has 24 heavy (non-hydrogen) atoms. The lowest BCUT2D eigenvalue weighted by Crippen LogP contribution is -2.31. The predicted octanol–water partition coefficient (Wildman–Crippen LogP) is 2.06. The number of hydrogen-bond donors (Lipinski definition) is 0. The number of aryl methyl sites for hydroxylation is 1. The number of nitrogens with zero attached hydrogens (tertiary/aromatic N) is 3. The Bertz CT molecular complexity index is 701. The Morgan fingerprint density at radius 2 is 2.25 bits per heavy atom. The van der Waals surface area contributed by atoms with E-state index in [1.54, 1.807) is 14.0 Å². The molecule has 1 aromatic carbocycles. The number of rotatable bonds is 6. The number of ether oxygens (including phenoxy) is 2. The summed E-state index contributed by atoms with van der Waals surface area (Å²) >= 11 is 0. The summed E-state index contributed by atoms with van der Waals surface area (Å²) in [6, 6.07) is 7.57. The zero-order valence-corrected chi connectivity index (χ0v) is 13.9. The van der Waals surface area contributed by atoms with Crippen molar-refractivity contribution < 1.29 is 18.8 Å². The first kappa shape index (κ1) is 16.4. The van der Waals surface area contributed by atoms with Gasteiger partial charge in [-0.3, -0.25) is 4.79 Å². The molecule has 1 aromatic heterocycles. The van der Waals surface area contributed by atoms with E-state index < -0.39 is 0 Å². The number of amides is 1. The van der Waals surface area contributed by atoms with E-state index >= 15 is 0 Å². The molecular formula is C17H21N3O4. The van der Waals surface area contributed by atoms with Gasteiger partial charge >= 0.3 is 0 Å². The minimum absolute atomic E-state index is 0.0401. The number of carbonyl (C=O) groups is 1. The standard InChI is InChI=1S/C17H21N3O4/c1-12-18-17(24-19-12)14-5-3-4-6-15(14)23-13-7-9-20(11-13)16(21)8-10-22-2/h3-6,13H,7-11H2,1-2H3. The molecule has 7 nitrogen and oxygen atoms in total. The summed E-state index contributed by atoms with van der Waals surface area (Å²) in [6.45, 7) is 3.51. The molecule has 0 radical (unpaired) electrons. The average Bonchev–Trinajstić information content (AvgIpc) is 3.22. The van der Waals surface area contributed by atoms with Crippen LogP contribution in [0.25, 0.3) is 11.5 Å². The highest BCUT2D eigenvalue weighted by Crippen LogP contribution is 2.30. The van der Waals surface area contributed by atoms with Crippen molar-refractivity contribution >= 4 is 5.91 Å². The van der Waals surface area contributed by atoms with Crippen molar-refractivity contribution in [3.8, 4) is 17.2 Å². The molecule has 128 valence electrons. The van der Waals surface area contributed by atoms with Crippen LogP contribution in [0.1, 0.15) is 18.7 Å². The summed E-state index contributed by atoms with van der Waals surface area (Å²) in [5.74, 6) is 1.81.